The molecule has 0 fully saturated rings. The maximum absolute atomic E-state index is 12.4. The van der Waals surface area contributed by atoms with Crippen LogP contribution in [0.4, 0.5) is 0 Å². The Morgan fingerprint density at radius 2 is 0.588 bits per heavy atom. The average Bonchev–Trinajstić information content (AvgIpc) is 3.51. The van der Waals surface area contributed by atoms with Crippen molar-refractivity contribution < 1.29 is 24.5 Å². The van der Waals surface area contributed by atoms with E-state index in [2.05, 4.69) is 43.5 Å². The lowest BCUT2D eigenvalue weighted by molar-refractivity contribution is -0.143. The Morgan fingerprint density at radius 3 is 0.894 bits per heavy atom. The Labute approximate surface area is 532 Å². The van der Waals surface area contributed by atoms with Crippen molar-refractivity contribution in [1.29, 1.82) is 0 Å². The molecule has 0 radical (unpaired) electrons. The summed E-state index contributed by atoms with van der Waals surface area (Å²) >= 11 is 0. The van der Waals surface area contributed by atoms with E-state index in [9.17, 15) is 19.8 Å². The molecule has 0 saturated carbocycles. The summed E-state index contributed by atoms with van der Waals surface area (Å²) in [6.07, 6.45) is 97.1. The summed E-state index contributed by atoms with van der Waals surface area (Å²) in [4.78, 5) is 24.6. The zero-order valence-electron chi connectivity index (χ0n) is 57.6. The summed E-state index contributed by atoms with van der Waals surface area (Å²) in [5, 5.41) is 23.0. The third-order valence-electron chi connectivity index (χ3n) is 18.2. The fourth-order valence-corrected chi connectivity index (χ4v) is 12.3. The maximum Gasteiger partial charge on any atom is 0.305 e. The number of aliphatic hydroxyl groups excluding tert-OH is 2. The molecular weight excluding hydrogens is 1040 g/mol. The number of hydrogen-bond donors (Lipinski definition) is 3. The van der Waals surface area contributed by atoms with Gasteiger partial charge >= 0.3 is 5.97 Å². The molecule has 0 bridgehead atoms. The Morgan fingerprint density at radius 1 is 0.329 bits per heavy atom. The molecule has 0 spiro atoms. The molecule has 0 aromatic rings. The summed E-state index contributed by atoms with van der Waals surface area (Å²) < 4.78 is 5.52. The van der Waals surface area contributed by atoms with Crippen LogP contribution in [0.2, 0.25) is 0 Å². The van der Waals surface area contributed by atoms with E-state index >= 15 is 0 Å². The highest BCUT2D eigenvalue weighted by Crippen LogP contribution is 2.19. The molecule has 0 saturated heterocycles. The Balaban J connectivity index is 3.32. The number of amides is 1. The lowest BCUT2D eigenvalue weighted by Gasteiger charge is -2.20. The van der Waals surface area contributed by atoms with E-state index in [4.69, 9.17) is 4.74 Å². The third kappa shape index (κ3) is 71.0. The molecule has 0 aromatic heterocycles. The number of hydrogen-bond acceptors (Lipinski definition) is 5. The predicted molar refractivity (Wildman–Crippen MR) is 375 cm³/mol. The van der Waals surface area contributed by atoms with Crippen LogP contribution in [-0.4, -0.2) is 47.4 Å². The van der Waals surface area contributed by atoms with Crippen LogP contribution in [-0.2, 0) is 14.3 Å². The summed E-state index contributed by atoms with van der Waals surface area (Å²) in [6.45, 7) is 4.93. The van der Waals surface area contributed by atoms with Gasteiger partial charge in [-0.25, -0.2) is 0 Å². The van der Waals surface area contributed by atoms with Crippen LogP contribution in [0.5, 0.6) is 0 Å². The molecule has 0 aliphatic rings. The zero-order chi connectivity index (χ0) is 61.3. The number of carbonyl (C=O) groups excluding carboxylic acids is 2. The van der Waals surface area contributed by atoms with Crippen molar-refractivity contribution in [3.8, 4) is 0 Å². The minimum atomic E-state index is -0.840. The maximum atomic E-state index is 12.4. The van der Waals surface area contributed by atoms with Gasteiger partial charge in [-0.1, -0.05) is 391 Å². The summed E-state index contributed by atoms with van der Waals surface area (Å²) in [5.41, 5.74) is 0. The highest BCUT2D eigenvalue weighted by Gasteiger charge is 2.18. The molecule has 1 amide bonds. The summed E-state index contributed by atoms with van der Waals surface area (Å²) in [6, 6.07) is -0.624. The van der Waals surface area contributed by atoms with Crippen molar-refractivity contribution in [1.82, 2.24) is 5.32 Å². The van der Waals surface area contributed by atoms with Gasteiger partial charge < -0.3 is 20.3 Å². The molecule has 0 heterocycles. The normalized spacial score (nSPS) is 12.7. The van der Waals surface area contributed by atoms with Crippen LogP contribution in [0.1, 0.15) is 431 Å². The van der Waals surface area contributed by atoms with Crippen LogP contribution in [0.15, 0.2) is 36.5 Å². The van der Waals surface area contributed by atoms with Crippen LogP contribution in [0, 0.1) is 0 Å². The van der Waals surface area contributed by atoms with E-state index in [-0.39, 0.29) is 18.5 Å². The van der Waals surface area contributed by atoms with Gasteiger partial charge in [-0.05, 0) is 64.2 Å². The molecule has 0 aliphatic heterocycles. The second-order valence-electron chi connectivity index (χ2n) is 26.7. The van der Waals surface area contributed by atoms with Gasteiger partial charge in [0.25, 0.3) is 0 Å². The van der Waals surface area contributed by atoms with Crippen molar-refractivity contribution in [2.45, 2.75) is 443 Å². The van der Waals surface area contributed by atoms with Crippen molar-refractivity contribution in [3.63, 3.8) is 0 Å². The minimum Gasteiger partial charge on any atom is -0.466 e. The Hall–Kier alpha value is -1.92. The monoisotopic (exact) mass is 1190 g/mol. The second-order valence-corrected chi connectivity index (χ2v) is 26.7. The van der Waals surface area contributed by atoms with Gasteiger partial charge in [0.2, 0.25) is 5.91 Å². The lowest BCUT2D eigenvalue weighted by atomic mass is 10.0. The van der Waals surface area contributed by atoms with E-state index < -0.39 is 12.1 Å². The number of allylic oxidation sites excluding steroid dienone is 5. The van der Waals surface area contributed by atoms with Gasteiger partial charge in [-0.3, -0.25) is 9.59 Å². The van der Waals surface area contributed by atoms with Crippen molar-refractivity contribution in [2.24, 2.45) is 0 Å². The molecule has 6 heteroatoms. The predicted octanol–water partition coefficient (Wildman–Crippen LogP) is 25.4. The summed E-state index contributed by atoms with van der Waals surface area (Å²) in [5.74, 6) is -0.0397. The molecule has 3 N–H and O–H groups in total. The average molecular weight is 1200 g/mol. The van der Waals surface area contributed by atoms with Crippen molar-refractivity contribution >= 4 is 11.9 Å². The Bertz CT molecular complexity index is 1380. The van der Waals surface area contributed by atoms with Crippen LogP contribution >= 0.6 is 0 Å². The van der Waals surface area contributed by atoms with E-state index in [1.54, 1.807) is 6.08 Å². The van der Waals surface area contributed by atoms with Crippen molar-refractivity contribution in [3.05, 3.63) is 36.5 Å². The highest BCUT2D eigenvalue weighted by molar-refractivity contribution is 5.76. The molecular formula is C79H151NO5. The molecule has 2 unspecified atom stereocenters. The van der Waals surface area contributed by atoms with Gasteiger partial charge in [0, 0.05) is 12.8 Å². The van der Waals surface area contributed by atoms with Crippen LogP contribution in [0.3, 0.4) is 0 Å². The van der Waals surface area contributed by atoms with Crippen LogP contribution < -0.4 is 5.32 Å². The molecule has 0 aromatic carbocycles. The second kappa shape index (κ2) is 74.5. The number of aliphatic hydroxyl groups is 2. The molecule has 502 valence electrons. The molecule has 0 rings (SSSR count). The van der Waals surface area contributed by atoms with Gasteiger partial charge in [0.1, 0.15) is 0 Å². The summed E-state index contributed by atoms with van der Waals surface area (Å²) in [7, 11) is 0. The zero-order valence-corrected chi connectivity index (χ0v) is 57.6. The van der Waals surface area contributed by atoms with Gasteiger partial charge in [-0.15, -0.1) is 0 Å². The number of nitrogens with one attached hydrogen (secondary N) is 1. The standard InChI is InChI=1S/C79H151NO5/c1-3-5-7-9-11-13-15-16-17-18-40-44-47-50-53-57-61-65-69-73-79(84)85-74-70-66-62-58-54-51-48-45-42-39-37-35-33-31-29-27-25-23-21-19-20-22-24-26-28-30-32-34-36-38-41-43-46-49-52-56-60-64-68-72-78(83)80-76(75-81)77(82)71-67-63-59-55-14-12-10-8-6-4-2/h19-20,23,25,67,71,76-77,81-82H,3-18,21-22,24,26-66,68-70,72-75H2,1-2H3,(H,80,83)/b20-19-,25-23-,71-67+. The van der Waals surface area contributed by atoms with E-state index in [0.29, 0.717) is 19.4 Å². The van der Waals surface area contributed by atoms with E-state index in [1.807, 2.05) is 6.08 Å². The minimum absolute atomic E-state index is 0.0256. The number of ether oxygens (including phenoxy) is 1. The fraction of sp³-hybridized carbons (Fsp3) is 0.899. The van der Waals surface area contributed by atoms with Crippen molar-refractivity contribution in [2.75, 3.05) is 13.2 Å². The first-order chi connectivity index (χ1) is 42.0. The lowest BCUT2D eigenvalue weighted by Crippen LogP contribution is -2.45. The largest absolute Gasteiger partial charge is 0.466 e. The first-order valence-corrected chi connectivity index (χ1v) is 38.8. The van der Waals surface area contributed by atoms with Gasteiger partial charge in [0.05, 0.1) is 25.4 Å². The van der Waals surface area contributed by atoms with E-state index in [0.717, 1.165) is 44.9 Å². The van der Waals surface area contributed by atoms with E-state index in [1.165, 1.54) is 360 Å². The third-order valence-corrected chi connectivity index (χ3v) is 18.2. The number of carbonyl (C=O) groups is 2. The molecule has 6 nitrogen and oxygen atoms in total. The quantitative estimate of drug-likeness (QED) is 0.0320. The Kier molecular flexibility index (Phi) is 72.9. The first kappa shape index (κ1) is 83.1. The smallest absolute Gasteiger partial charge is 0.305 e. The number of esters is 1. The highest BCUT2D eigenvalue weighted by atomic mass is 16.5. The molecule has 2 atom stereocenters. The SMILES string of the molecule is CCCCCCCCCC/C=C/C(O)C(CO)NC(=O)CCCCCCCCCCCCCCCCCCC/C=C\C/C=C\CCCCCCCCCCCCCCCCCOC(=O)CCCCCCCCCCCCCCCCCCCCC. The number of rotatable bonds is 73. The topological polar surface area (TPSA) is 95.9 Å². The number of unbranched alkanes of at least 4 members (excludes halogenated alkanes) is 58. The van der Waals surface area contributed by atoms with Gasteiger partial charge in [0.15, 0.2) is 0 Å². The molecule has 0 aliphatic carbocycles. The van der Waals surface area contributed by atoms with Gasteiger partial charge in [-0.2, -0.15) is 0 Å². The molecule has 85 heavy (non-hydrogen) atoms. The fourth-order valence-electron chi connectivity index (χ4n) is 12.3. The first-order valence-electron chi connectivity index (χ1n) is 38.8. The van der Waals surface area contributed by atoms with Crippen LogP contribution in [0.25, 0.3) is 0 Å².